The predicted molar refractivity (Wildman–Crippen MR) is 86.5 cm³/mol. The van der Waals surface area contributed by atoms with Gasteiger partial charge in [0, 0.05) is 19.2 Å². The zero-order valence-corrected chi connectivity index (χ0v) is 13.1. The van der Waals surface area contributed by atoms with Gasteiger partial charge >= 0.3 is 0 Å². The number of hydrogen-bond donors (Lipinski definition) is 2. The predicted octanol–water partition coefficient (Wildman–Crippen LogP) is 1.45. The van der Waals surface area contributed by atoms with Crippen LogP contribution in [-0.2, 0) is 17.8 Å². The first-order valence-corrected chi connectivity index (χ1v) is 7.73. The Hall–Kier alpha value is -2.48. The standard InChI is InChI=1S/C14H16N6OS/c1-3-20-13(18-11(19-20)7-12(21)16-2)8-4-5-10-9(6-8)17-14(15)22-10/h4-6H,3,7H2,1-2H3,(H2,15,17)(H,16,21). The minimum absolute atomic E-state index is 0.109. The molecule has 2 heterocycles. The van der Waals surface area contributed by atoms with Crippen molar-refractivity contribution in [2.24, 2.45) is 0 Å². The van der Waals surface area contributed by atoms with Crippen molar-refractivity contribution in [2.45, 2.75) is 19.9 Å². The van der Waals surface area contributed by atoms with Crippen LogP contribution in [-0.4, -0.2) is 32.7 Å². The Morgan fingerprint density at radius 1 is 1.41 bits per heavy atom. The second kappa shape index (κ2) is 5.72. The number of carbonyl (C=O) groups excluding carboxylic acids is 1. The first-order valence-electron chi connectivity index (χ1n) is 6.91. The Balaban J connectivity index is 2.02. The van der Waals surface area contributed by atoms with Crippen LogP contribution in [0.5, 0.6) is 0 Å². The highest BCUT2D eigenvalue weighted by Gasteiger charge is 2.14. The summed E-state index contributed by atoms with van der Waals surface area (Å²) in [5, 5.41) is 7.50. The maximum absolute atomic E-state index is 11.5. The smallest absolute Gasteiger partial charge is 0.227 e. The van der Waals surface area contributed by atoms with Crippen LogP contribution < -0.4 is 11.1 Å². The molecule has 0 bridgehead atoms. The monoisotopic (exact) mass is 316 g/mol. The SMILES string of the molecule is CCn1nc(CC(=O)NC)nc1-c1ccc2sc(N)nc2c1. The molecule has 3 rings (SSSR count). The van der Waals surface area contributed by atoms with Gasteiger partial charge in [-0.25, -0.2) is 14.6 Å². The van der Waals surface area contributed by atoms with Crippen molar-refractivity contribution >= 4 is 32.6 Å². The van der Waals surface area contributed by atoms with E-state index in [0.29, 0.717) is 17.5 Å². The topological polar surface area (TPSA) is 98.7 Å². The molecular weight excluding hydrogens is 300 g/mol. The number of likely N-dealkylation sites (N-methyl/N-ethyl adjacent to an activating group) is 1. The molecule has 0 saturated heterocycles. The molecule has 1 amide bonds. The second-order valence-corrected chi connectivity index (χ2v) is 5.81. The van der Waals surface area contributed by atoms with Crippen LogP contribution in [0.1, 0.15) is 12.7 Å². The number of carbonyl (C=O) groups is 1. The van der Waals surface area contributed by atoms with Crippen LogP contribution >= 0.6 is 11.3 Å². The highest BCUT2D eigenvalue weighted by Crippen LogP contribution is 2.28. The van der Waals surface area contributed by atoms with Crippen molar-refractivity contribution in [1.82, 2.24) is 25.1 Å². The third-order valence-corrected chi connectivity index (χ3v) is 4.14. The number of anilines is 1. The zero-order valence-electron chi connectivity index (χ0n) is 12.3. The molecule has 0 spiro atoms. The van der Waals surface area contributed by atoms with Crippen molar-refractivity contribution in [2.75, 3.05) is 12.8 Å². The van der Waals surface area contributed by atoms with Crippen LogP contribution in [0.15, 0.2) is 18.2 Å². The number of aryl methyl sites for hydroxylation is 1. The number of nitrogens with zero attached hydrogens (tertiary/aromatic N) is 4. The molecule has 0 aliphatic rings. The number of nitrogens with two attached hydrogens (primary N) is 1. The minimum atomic E-state index is -0.109. The zero-order chi connectivity index (χ0) is 15.7. The number of nitrogens with one attached hydrogen (secondary N) is 1. The summed E-state index contributed by atoms with van der Waals surface area (Å²) in [5.41, 5.74) is 7.50. The van der Waals surface area contributed by atoms with Gasteiger partial charge in [-0.15, -0.1) is 0 Å². The molecular formula is C14H16N6OS. The minimum Gasteiger partial charge on any atom is -0.375 e. The number of nitrogen functional groups attached to an aromatic ring is 1. The molecule has 3 aromatic rings. The number of aromatic nitrogens is 4. The second-order valence-electron chi connectivity index (χ2n) is 4.75. The van der Waals surface area contributed by atoms with E-state index >= 15 is 0 Å². The summed E-state index contributed by atoms with van der Waals surface area (Å²) >= 11 is 1.45. The van der Waals surface area contributed by atoms with Gasteiger partial charge in [0.1, 0.15) is 0 Å². The number of benzene rings is 1. The van der Waals surface area contributed by atoms with Gasteiger partial charge in [0.2, 0.25) is 5.91 Å². The lowest BCUT2D eigenvalue weighted by Gasteiger charge is -2.02. The average molecular weight is 316 g/mol. The van der Waals surface area contributed by atoms with Crippen LogP contribution in [0.2, 0.25) is 0 Å². The van der Waals surface area contributed by atoms with Gasteiger partial charge in [0.25, 0.3) is 0 Å². The highest BCUT2D eigenvalue weighted by molar-refractivity contribution is 7.22. The molecule has 0 aliphatic carbocycles. The fraction of sp³-hybridized carbons (Fsp3) is 0.286. The molecule has 0 atom stereocenters. The van der Waals surface area contributed by atoms with Gasteiger partial charge in [0.05, 0.1) is 16.6 Å². The normalized spacial score (nSPS) is 11.0. The Morgan fingerprint density at radius 3 is 2.95 bits per heavy atom. The lowest BCUT2D eigenvalue weighted by molar-refractivity contribution is -0.120. The van der Waals surface area contributed by atoms with Gasteiger partial charge in [-0.2, -0.15) is 5.10 Å². The quantitative estimate of drug-likeness (QED) is 0.759. The van der Waals surface area contributed by atoms with E-state index in [9.17, 15) is 4.79 Å². The third kappa shape index (κ3) is 2.64. The first kappa shape index (κ1) is 14.5. The summed E-state index contributed by atoms with van der Waals surface area (Å²) in [6.07, 6.45) is 0.169. The molecule has 0 fully saturated rings. The van der Waals surface area contributed by atoms with Gasteiger partial charge < -0.3 is 11.1 Å². The summed E-state index contributed by atoms with van der Waals surface area (Å²) in [4.78, 5) is 20.3. The maximum Gasteiger partial charge on any atom is 0.227 e. The highest BCUT2D eigenvalue weighted by atomic mass is 32.1. The maximum atomic E-state index is 11.5. The average Bonchev–Trinajstić information content (AvgIpc) is 3.08. The van der Waals surface area contributed by atoms with E-state index in [-0.39, 0.29) is 12.3 Å². The Bertz CT molecular complexity index is 837. The molecule has 22 heavy (non-hydrogen) atoms. The molecule has 114 valence electrons. The third-order valence-electron chi connectivity index (χ3n) is 3.27. The summed E-state index contributed by atoms with van der Waals surface area (Å²) in [6.45, 7) is 2.66. The Labute approximate surface area is 131 Å². The first-order chi connectivity index (χ1) is 10.6. The summed E-state index contributed by atoms with van der Waals surface area (Å²) in [7, 11) is 1.60. The molecule has 1 aromatic carbocycles. The lowest BCUT2D eigenvalue weighted by atomic mass is 10.2. The fourth-order valence-corrected chi connectivity index (χ4v) is 2.93. The van der Waals surface area contributed by atoms with Gasteiger partial charge in [-0.1, -0.05) is 11.3 Å². The van der Waals surface area contributed by atoms with E-state index in [2.05, 4.69) is 20.4 Å². The van der Waals surface area contributed by atoms with Gasteiger partial charge in [0.15, 0.2) is 16.8 Å². The van der Waals surface area contributed by atoms with Crippen LogP contribution in [0.3, 0.4) is 0 Å². The van der Waals surface area contributed by atoms with E-state index in [1.54, 1.807) is 11.7 Å². The summed E-state index contributed by atoms with van der Waals surface area (Å²) < 4.78 is 2.82. The van der Waals surface area contributed by atoms with E-state index in [0.717, 1.165) is 21.6 Å². The summed E-state index contributed by atoms with van der Waals surface area (Å²) in [5.74, 6) is 1.13. The molecule has 0 aliphatic heterocycles. The van der Waals surface area contributed by atoms with Crippen molar-refractivity contribution in [3.63, 3.8) is 0 Å². The largest absolute Gasteiger partial charge is 0.375 e. The van der Waals surface area contributed by atoms with Crippen LogP contribution in [0.4, 0.5) is 5.13 Å². The fourth-order valence-electron chi connectivity index (χ4n) is 2.21. The van der Waals surface area contributed by atoms with Crippen LogP contribution in [0, 0.1) is 0 Å². The number of rotatable bonds is 4. The van der Waals surface area contributed by atoms with Crippen molar-refractivity contribution in [3.05, 3.63) is 24.0 Å². The molecule has 2 aromatic heterocycles. The van der Waals surface area contributed by atoms with Crippen molar-refractivity contribution in [1.29, 1.82) is 0 Å². The molecule has 0 radical (unpaired) electrons. The lowest BCUT2D eigenvalue weighted by Crippen LogP contribution is -2.20. The number of thiazole rings is 1. The van der Waals surface area contributed by atoms with Crippen molar-refractivity contribution in [3.8, 4) is 11.4 Å². The number of amides is 1. The summed E-state index contributed by atoms with van der Waals surface area (Å²) in [6, 6.07) is 5.90. The number of hydrogen-bond acceptors (Lipinski definition) is 6. The van der Waals surface area contributed by atoms with E-state index in [4.69, 9.17) is 5.73 Å². The van der Waals surface area contributed by atoms with E-state index < -0.39 is 0 Å². The van der Waals surface area contributed by atoms with Gasteiger partial charge in [-0.05, 0) is 25.1 Å². The van der Waals surface area contributed by atoms with Gasteiger partial charge in [-0.3, -0.25) is 4.79 Å². The van der Waals surface area contributed by atoms with E-state index in [1.165, 1.54) is 11.3 Å². The molecule has 0 saturated carbocycles. The number of fused-ring (bicyclic) bond motifs is 1. The molecule has 7 nitrogen and oxygen atoms in total. The van der Waals surface area contributed by atoms with E-state index in [1.807, 2.05) is 25.1 Å². The van der Waals surface area contributed by atoms with Crippen LogP contribution in [0.25, 0.3) is 21.6 Å². The molecule has 3 N–H and O–H groups in total. The van der Waals surface area contributed by atoms with Crippen molar-refractivity contribution < 1.29 is 4.79 Å². The Kier molecular flexibility index (Phi) is 3.76. The molecule has 0 unspecified atom stereocenters. The Morgan fingerprint density at radius 2 is 2.23 bits per heavy atom. The molecule has 8 heteroatoms.